The Bertz CT molecular complexity index is 2080. The first-order valence-electron chi connectivity index (χ1n) is 20.0. The van der Waals surface area contributed by atoms with Gasteiger partial charge in [0.25, 0.3) is 0 Å². The van der Waals surface area contributed by atoms with Crippen LogP contribution in [-0.2, 0) is 16.2 Å². The predicted molar refractivity (Wildman–Crippen MR) is 222 cm³/mol. The molecule has 0 bridgehead atoms. The van der Waals surface area contributed by atoms with Crippen LogP contribution in [0, 0.1) is 0 Å². The summed E-state index contributed by atoms with van der Waals surface area (Å²) in [5.41, 5.74) is 21.0. The van der Waals surface area contributed by atoms with Crippen molar-refractivity contribution in [1.29, 1.82) is 0 Å². The van der Waals surface area contributed by atoms with Gasteiger partial charge in [-0.1, -0.05) is 133 Å². The molecule has 0 amide bonds. The normalized spacial score (nSPS) is 16.0. The van der Waals surface area contributed by atoms with E-state index in [0.717, 1.165) is 38.5 Å². The van der Waals surface area contributed by atoms with Crippen LogP contribution >= 0.6 is 0 Å². The number of hydrogen-bond donors (Lipinski definition) is 0. The summed E-state index contributed by atoms with van der Waals surface area (Å²) in [6, 6.07) is 49.5. The lowest BCUT2D eigenvalue weighted by Crippen LogP contribution is -2.23. The van der Waals surface area contributed by atoms with Crippen molar-refractivity contribution >= 4 is 17.1 Å². The van der Waals surface area contributed by atoms with Gasteiger partial charge in [0, 0.05) is 33.3 Å². The lowest BCUT2D eigenvalue weighted by Gasteiger charge is -2.32. The van der Waals surface area contributed by atoms with Gasteiger partial charge in [-0.2, -0.15) is 0 Å². The standard InChI is InChI=1S/C51H51N/c1-7-49(8-2)43-22-16-13-19-37(43)40-31-34(25-28-46(40)49)52(35-26-29-47-41(32-35)38-20-14-17-23-44(38)50(47,9-3)10-4)36-27-30-48-42(33-36)39-21-15-18-24-45(39)51(48,11-5)12-6/h13-33H,7-12H2,1-6H3. The molecule has 1 heteroatoms. The summed E-state index contributed by atoms with van der Waals surface area (Å²) < 4.78 is 0. The van der Waals surface area contributed by atoms with Crippen molar-refractivity contribution in [1.82, 2.24) is 0 Å². The van der Waals surface area contributed by atoms with Gasteiger partial charge in [-0.3, -0.25) is 0 Å². The van der Waals surface area contributed by atoms with Crippen molar-refractivity contribution in [3.8, 4) is 33.4 Å². The predicted octanol–water partition coefficient (Wildman–Crippen LogP) is 14.4. The molecule has 6 aromatic carbocycles. The van der Waals surface area contributed by atoms with Crippen LogP contribution in [0.5, 0.6) is 0 Å². The molecule has 260 valence electrons. The monoisotopic (exact) mass is 677 g/mol. The summed E-state index contributed by atoms with van der Waals surface area (Å²) in [5.74, 6) is 0. The molecule has 0 heterocycles. The second kappa shape index (κ2) is 12.1. The molecule has 3 aliphatic rings. The Morgan fingerprint density at radius 3 is 0.827 bits per heavy atom. The zero-order valence-corrected chi connectivity index (χ0v) is 31.8. The van der Waals surface area contributed by atoms with Crippen LogP contribution in [0.3, 0.4) is 0 Å². The Kier molecular flexibility index (Phi) is 7.67. The van der Waals surface area contributed by atoms with Crippen LogP contribution in [0.4, 0.5) is 17.1 Å². The van der Waals surface area contributed by atoms with E-state index in [4.69, 9.17) is 0 Å². The van der Waals surface area contributed by atoms with E-state index in [1.807, 2.05) is 0 Å². The molecule has 0 radical (unpaired) electrons. The van der Waals surface area contributed by atoms with E-state index in [0.29, 0.717) is 0 Å². The molecule has 3 aliphatic carbocycles. The Morgan fingerprint density at radius 1 is 0.308 bits per heavy atom. The van der Waals surface area contributed by atoms with Crippen molar-refractivity contribution in [2.75, 3.05) is 4.90 Å². The van der Waals surface area contributed by atoms with Crippen LogP contribution in [-0.4, -0.2) is 0 Å². The maximum atomic E-state index is 2.54. The van der Waals surface area contributed by atoms with Crippen molar-refractivity contribution < 1.29 is 0 Å². The minimum absolute atomic E-state index is 0.0527. The van der Waals surface area contributed by atoms with Gasteiger partial charge < -0.3 is 4.90 Å². The van der Waals surface area contributed by atoms with E-state index in [1.54, 1.807) is 0 Å². The van der Waals surface area contributed by atoms with E-state index in [9.17, 15) is 0 Å². The Labute approximate surface area is 311 Å². The smallest absolute Gasteiger partial charge is 0.0468 e. The first kappa shape index (κ1) is 33.0. The fourth-order valence-corrected chi connectivity index (χ4v) is 11.3. The van der Waals surface area contributed by atoms with Gasteiger partial charge in [0.15, 0.2) is 0 Å². The summed E-state index contributed by atoms with van der Waals surface area (Å²) in [7, 11) is 0. The van der Waals surface area contributed by atoms with Crippen LogP contribution in [0.2, 0.25) is 0 Å². The second-order valence-electron chi connectivity index (χ2n) is 15.5. The summed E-state index contributed by atoms with van der Waals surface area (Å²) in [5, 5.41) is 0. The lowest BCUT2D eigenvalue weighted by molar-refractivity contribution is 0.490. The molecule has 0 atom stereocenters. The van der Waals surface area contributed by atoms with E-state index in [2.05, 4.69) is 174 Å². The van der Waals surface area contributed by atoms with Gasteiger partial charge in [0.2, 0.25) is 0 Å². The third-order valence-corrected chi connectivity index (χ3v) is 14.2. The Morgan fingerprint density at radius 2 is 0.558 bits per heavy atom. The van der Waals surface area contributed by atoms with Gasteiger partial charge in [0.1, 0.15) is 0 Å². The summed E-state index contributed by atoms with van der Waals surface area (Å²) in [6.07, 6.45) is 6.57. The van der Waals surface area contributed by atoms with Gasteiger partial charge >= 0.3 is 0 Å². The number of anilines is 3. The van der Waals surface area contributed by atoms with Crippen LogP contribution in [0.15, 0.2) is 127 Å². The van der Waals surface area contributed by atoms with Crippen molar-refractivity contribution in [3.05, 3.63) is 161 Å². The highest BCUT2D eigenvalue weighted by atomic mass is 15.1. The summed E-state index contributed by atoms with van der Waals surface area (Å²) >= 11 is 0. The molecule has 0 saturated heterocycles. The minimum atomic E-state index is 0.0527. The molecule has 0 fully saturated rings. The molecule has 0 aromatic heterocycles. The third kappa shape index (κ3) is 4.17. The van der Waals surface area contributed by atoms with E-state index < -0.39 is 0 Å². The van der Waals surface area contributed by atoms with Gasteiger partial charge in [-0.05, 0) is 142 Å². The maximum Gasteiger partial charge on any atom is 0.0468 e. The largest absolute Gasteiger partial charge is 0.310 e. The first-order valence-corrected chi connectivity index (χ1v) is 20.0. The molecule has 0 N–H and O–H groups in total. The SMILES string of the molecule is CCC1(CC)c2ccccc2-c2cc(N(c3ccc4c(c3)-c3ccccc3C4(CC)CC)c3ccc4c(c3)-c3ccccc3C4(CC)CC)ccc21. The molecule has 0 spiro atoms. The lowest BCUT2D eigenvalue weighted by atomic mass is 9.74. The molecule has 1 nitrogen and oxygen atoms in total. The zero-order valence-electron chi connectivity index (χ0n) is 31.8. The molecular weight excluding hydrogens is 627 g/mol. The Hall–Kier alpha value is -4.88. The van der Waals surface area contributed by atoms with Crippen LogP contribution in [0.25, 0.3) is 33.4 Å². The Balaban J connectivity index is 1.29. The highest BCUT2D eigenvalue weighted by molar-refractivity contribution is 5.92. The fourth-order valence-electron chi connectivity index (χ4n) is 11.3. The van der Waals surface area contributed by atoms with Gasteiger partial charge in [-0.25, -0.2) is 0 Å². The first-order chi connectivity index (χ1) is 25.4. The van der Waals surface area contributed by atoms with Crippen LogP contribution in [0.1, 0.15) is 113 Å². The van der Waals surface area contributed by atoms with E-state index in [1.165, 1.54) is 83.8 Å². The number of hydrogen-bond acceptors (Lipinski definition) is 1. The van der Waals surface area contributed by atoms with Gasteiger partial charge in [0.05, 0.1) is 0 Å². The molecular formula is C51H51N. The average molecular weight is 678 g/mol. The number of benzene rings is 6. The summed E-state index contributed by atoms with van der Waals surface area (Å²) in [6.45, 7) is 14.2. The maximum absolute atomic E-state index is 2.54. The van der Waals surface area contributed by atoms with E-state index in [-0.39, 0.29) is 16.2 Å². The molecule has 9 rings (SSSR count). The molecule has 0 saturated carbocycles. The van der Waals surface area contributed by atoms with Crippen molar-refractivity contribution in [3.63, 3.8) is 0 Å². The van der Waals surface area contributed by atoms with Crippen molar-refractivity contribution in [2.45, 2.75) is 96.3 Å². The highest BCUT2D eigenvalue weighted by Gasteiger charge is 2.43. The minimum Gasteiger partial charge on any atom is -0.310 e. The molecule has 6 aromatic rings. The zero-order chi connectivity index (χ0) is 35.8. The average Bonchev–Trinajstić information content (AvgIpc) is 3.77. The fraction of sp³-hybridized carbons (Fsp3) is 0.294. The summed E-state index contributed by atoms with van der Waals surface area (Å²) in [4.78, 5) is 2.54. The highest BCUT2D eigenvalue weighted by Crippen LogP contribution is 2.58. The molecule has 0 aliphatic heterocycles. The van der Waals surface area contributed by atoms with Gasteiger partial charge in [-0.15, -0.1) is 0 Å². The second-order valence-corrected chi connectivity index (χ2v) is 15.5. The van der Waals surface area contributed by atoms with Crippen molar-refractivity contribution in [2.24, 2.45) is 0 Å². The number of rotatable bonds is 9. The molecule has 52 heavy (non-hydrogen) atoms. The third-order valence-electron chi connectivity index (χ3n) is 14.2. The quantitative estimate of drug-likeness (QED) is 0.147. The molecule has 0 unspecified atom stereocenters. The number of fused-ring (bicyclic) bond motifs is 9. The van der Waals surface area contributed by atoms with Crippen LogP contribution < -0.4 is 4.90 Å². The topological polar surface area (TPSA) is 3.24 Å². The van der Waals surface area contributed by atoms with E-state index >= 15 is 0 Å². The number of nitrogens with zero attached hydrogens (tertiary/aromatic N) is 1.